The molecule has 2 rings (SSSR count). The number of rotatable bonds is 4. The molecule has 21 heavy (non-hydrogen) atoms. The van der Waals surface area contributed by atoms with Crippen LogP contribution >= 0.6 is 0 Å². The van der Waals surface area contributed by atoms with Crippen LogP contribution in [0.5, 0.6) is 5.75 Å². The predicted octanol–water partition coefficient (Wildman–Crippen LogP) is 0.775. The van der Waals surface area contributed by atoms with Crippen LogP contribution in [-0.4, -0.2) is 24.7 Å². The van der Waals surface area contributed by atoms with Gasteiger partial charge in [0.25, 0.3) is 10.0 Å². The number of nitrogens with two attached hydrogens (primary N) is 1. The van der Waals surface area contributed by atoms with E-state index in [1.165, 1.54) is 13.0 Å². The second kappa shape index (κ2) is 5.36. The normalized spacial score (nSPS) is 11.1. The maximum atomic E-state index is 13.8. The molecule has 0 unspecified atom stereocenters. The highest BCUT2D eigenvalue weighted by Gasteiger charge is 2.24. The molecule has 0 fully saturated rings. The van der Waals surface area contributed by atoms with Crippen molar-refractivity contribution < 1.29 is 26.9 Å². The third kappa shape index (κ3) is 3.25. The molecule has 0 aliphatic carbocycles. The first-order valence-electron chi connectivity index (χ1n) is 5.37. The zero-order valence-electron chi connectivity index (χ0n) is 10.5. The maximum Gasteiger partial charge on any atom is 0.410 e. The van der Waals surface area contributed by atoms with Gasteiger partial charge in [-0.2, -0.15) is 8.42 Å². The van der Waals surface area contributed by atoms with Gasteiger partial charge < -0.3 is 15.0 Å². The second-order valence-electron chi connectivity index (χ2n) is 3.77. The summed E-state index contributed by atoms with van der Waals surface area (Å²) in [5.74, 6) is -1.63. The zero-order valence-corrected chi connectivity index (χ0v) is 11.3. The molecule has 112 valence electrons. The van der Waals surface area contributed by atoms with Crippen LogP contribution in [0.3, 0.4) is 0 Å². The lowest BCUT2D eigenvalue weighted by Gasteiger charge is -2.09. The Balaban J connectivity index is 2.40. The number of sulfonamides is 1. The summed E-state index contributed by atoms with van der Waals surface area (Å²) in [5.41, 5.74) is 4.77. The number of anilines is 1. The lowest BCUT2D eigenvalue weighted by Crippen LogP contribution is -2.20. The Morgan fingerprint density at radius 2 is 2.24 bits per heavy atom. The molecule has 0 saturated carbocycles. The van der Waals surface area contributed by atoms with Gasteiger partial charge in [-0.3, -0.25) is 4.72 Å². The van der Waals surface area contributed by atoms with Crippen molar-refractivity contribution in [3.05, 3.63) is 29.9 Å². The monoisotopic (exact) mass is 316 g/mol. The Hall–Kier alpha value is -2.69. The average Bonchev–Trinajstić information content (AvgIpc) is 2.84. The van der Waals surface area contributed by atoms with Crippen LogP contribution in [0.25, 0.3) is 0 Å². The van der Waals surface area contributed by atoms with Gasteiger partial charge in [-0.1, -0.05) is 5.16 Å². The van der Waals surface area contributed by atoms with E-state index in [-0.39, 0.29) is 17.3 Å². The van der Waals surface area contributed by atoms with E-state index >= 15 is 0 Å². The van der Waals surface area contributed by atoms with Gasteiger partial charge in [0.2, 0.25) is 5.03 Å². The molecule has 0 saturated heterocycles. The smallest absolute Gasteiger partial charge is 0.408 e. The Morgan fingerprint density at radius 1 is 1.52 bits per heavy atom. The number of amides is 1. The first-order chi connectivity index (χ1) is 9.79. The molecule has 0 atom stereocenters. The Kier molecular flexibility index (Phi) is 3.76. The highest BCUT2D eigenvalue weighted by Crippen LogP contribution is 2.23. The van der Waals surface area contributed by atoms with Gasteiger partial charge in [0.15, 0.2) is 17.4 Å². The molecule has 0 aliphatic rings. The van der Waals surface area contributed by atoms with Crippen LogP contribution in [0.2, 0.25) is 0 Å². The van der Waals surface area contributed by atoms with Crippen LogP contribution in [0.15, 0.2) is 27.9 Å². The molecule has 0 radical (unpaired) electrons. The lowest BCUT2D eigenvalue weighted by molar-refractivity contribution is 0.210. The van der Waals surface area contributed by atoms with Crippen LogP contribution in [0.1, 0.15) is 5.69 Å². The summed E-state index contributed by atoms with van der Waals surface area (Å²) in [6.07, 6.45) is -0.0351. The first-order valence-corrected chi connectivity index (χ1v) is 6.85. The zero-order chi connectivity index (χ0) is 15.6. The lowest BCUT2D eigenvalue weighted by atomic mass is 10.3. The SMILES string of the molecule is Cc1nc(S(=O)(=O)Nc2ccon2)c(F)cc1OC(N)=O. The molecule has 9 nitrogen and oxygen atoms in total. The van der Waals surface area contributed by atoms with Crippen LogP contribution < -0.4 is 15.2 Å². The number of carbonyl (C=O) groups is 1. The Bertz CT molecular complexity index is 775. The van der Waals surface area contributed by atoms with E-state index in [0.717, 1.165) is 6.26 Å². The quantitative estimate of drug-likeness (QED) is 0.849. The van der Waals surface area contributed by atoms with Crippen LogP contribution in [0, 0.1) is 12.7 Å². The van der Waals surface area contributed by atoms with E-state index in [9.17, 15) is 17.6 Å². The van der Waals surface area contributed by atoms with Crippen molar-refractivity contribution in [1.82, 2.24) is 10.1 Å². The third-order valence-electron chi connectivity index (χ3n) is 2.23. The Labute approximate surface area is 117 Å². The number of hydrogen-bond donors (Lipinski definition) is 2. The number of ether oxygens (including phenoxy) is 1. The summed E-state index contributed by atoms with van der Waals surface area (Å²) in [5, 5.41) is 2.46. The molecule has 2 heterocycles. The first kappa shape index (κ1) is 14.7. The fraction of sp³-hybridized carbons (Fsp3) is 0.100. The number of hydrogen-bond acceptors (Lipinski definition) is 7. The number of nitrogens with one attached hydrogen (secondary N) is 1. The van der Waals surface area contributed by atoms with E-state index in [1.54, 1.807) is 0 Å². The van der Waals surface area contributed by atoms with Gasteiger partial charge in [0, 0.05) is 12.1 Å². The molecule has 0 aromatic carbocycles. The largest absolute Gasteiger partial charge is 0.410 e. The second-order valence-corrected chi connectivity index (χ2v) is 5.37. The fourth-order valence-corrected chi connectivity index (χ4v) is 2.44. The number of halogens is 1. The minimum Gasteiger partial charge on any atom is -0.408 e. The number of nitrogens with zero attached hydrogens (tertiary/aromatic N) is 2. The number of aromatic nitrogens is 2. The molecule has 0 aliphatic heterocycles. The molecular weight excluding hydrogens is 307 g/mol. The van der Waals surface area contributed by atoms with Crippen LogP contribution in [0.4, 0.5) is 15.0 Å². The summed E-state index contributed by atoms with van der Waals surface area (Å²) in [7, 11) is -4.31. The van der Waals surface area contributed by atoms with Gasteiger partial charge in [-0.05, 0) is 6.92 Å². The third-order valence-corrected chi connectivity index (χ3v) is 3.50. The summed E-state index contributed by atoms with van der Waals surface area (Å²) in [4.78, 5) is 14.2. The van der Waals surface area contributed by atoms with Gasteiger partial charge in [-0.25, -0.2) is 14.2 Å². The van der Waals surface area contributed by atoms with E-state index in [0.29, 0.717) is 6.07 Å². The van der Waals surface area contributed by atoms with E-state index in [4.69, 9.17) is 5.73 Å². The minimum absolute atomic E-state index is 0.0317. The van der Waals surface area contributed by atoms with Crippen molar-refractivity contribution in [1.29, 1.82) is 0 Å². The highest BCUT2D eigenvalue weighted by molar-refractivity contribution is 7.92. The number of carbonyl (C=O) groups excluding carboxylic acids is 1. The van der Waals surface area contributed by atoms with Gasteiger partial charge >= 0.3 is 6.09 Å². The van der Waals surface area contributed by atoms with Gasteiger partial charge in [0.1, 0.15) is 6.26 Å². The summed E-state index contributed by atoms with van der Waals surface area (Å²) in [6, 6.07) is 1.93. The molecule has 3 N–H and O–H groups in total. The minimum atomic E-state index is -4.31. The van der Waals surface area contributed by atoms with Crippen molar-refractivity contribution in [2.45, 2.75) is 11.9 Å². The molecular formula is C10H9FN4O5S. The highest BCUT2D eigenvalue weighted by atomic mass is 32.2. The average molecular weight is 316 g/mol. The van der Waals surface area contributed by atoms with Gasteiger partial charge in [0.05, 0.1) is 5.69 Å². The standard InChI is InChI=1S/C10H9FN4O5S/c1-5-7(20-10(12)16)4-6(11)9(13-5)21(17,18)15-8-2-3-19-14-8/h2-4H,1H3,(H2,12,16)(H,14,15). The molecule has 2 aromatic heterocycles. The number of primary amides is 1. The van der Waals surface area contributed by atoms with Crippen molar-refractivity contribution in [2.75, 3.05) is 4.72 Å². The summed E-state index contributed by atoms with van der Waals surface area (Å²) >= 11 is 0. The van der Waals surface area contributed by atoms with E-state index in [1.807, 2.05) is 4.72 Å². The van der Waals surface area contributed by atoms with E-state index < -0.39 is 27.0 Å². The van der Waals surface area contributed by atoms with Crippen LogP contribution in [-0.2, 0) is 10.0 Å². The summed E-state index contributed by atoms with van der Waals surface area (Å²) in [6.45, 7) is 1.33. The fourth-order valence-electron chi connectivity index (χ4n) is 1.39. The number of pyridine rings is 1. The van der Waals surface area contributed by atoms with Crippen molar-refractivity contribution in [3.8, 4) is 5.75 Å². The molecule has 0 spiro atoms. The van der Waals surface area contributed by atoms with Crippen molar-refractivity contribution in [2.24, 2.45) is 5.73 Å². The molecule has 2 aromatic rings. The topological polar surface area (TPSA) is 137 Å². The Morgan fingerprint density at radius 3 is 2.81 bits per heavy atom. The predicted molar refractivity (Wildman–Crippen MR) is 66.5 cm³/mol. The van der Waals surface area contributed by atoms with Gasteiger partial charge in [-0.15, -0.1) is 0 Å². The maximum absolute atomic E-state index is 13.8. The molecule has 0 bridgehead atoms. The van der Waals surface area contributed by atoms with Crippen molar-refractivity contribution >= 4 is 21.9 Å². The van der Waals surface area contributed by atoms with E-state index in [2.05, 4.69) is 19.4 Å². The number of aryl methyl sites for hydroxylation is 1. The van der Waals surface area contributed by atoms with Crippen molar-refractivity contribution in [3.63, 3.8) is 0 Å². The molecule has 1 amide bonds. The molecule has 11 heteroatoms. The summed E-state index contributed by atoms with van der Waals surface area (Å²) < 4.78 is 48.7.